The Kier molecular flexibility index (Phi) is 7.21. The second-order valence-corrected chi connectivity index (χ2v) is 4.72. The van der Waals surface area contributed by atoms with Gasteiger partial charge in [-0.25, -0.2) is 0 Å². The normalized spacial score (nSPS) is 9.55. The van der Waals surface area contributed by atoms with Gasteiger partial charge in [0.05, 0.1) is 12.1 Å². The van der Waals surface area contributed by atoms with Gasteiger partial charge in [0.25, 0.3) is 0 Å². The van der Waals surface area contributed by atoms with Crippen LogP contribution < -0.4 is 0 Å². The highest BCUT2D eigenvalue weighted by molar-refractivity contribution is 6.08. The van der Waals surface area contributed by atoms with E-state index in [2.05, 4.69) is 6.92 Å². The van der Waals surface area contributed by atoms with E-state index in [4.69, 9.17) is 5.11 Å². The highest BCUT2D eigenvalue weighted by Crippen LogP contribution is 2.14. The average Bonchev–Trinajstić information content (AvgIpc) is 2.79. The quantitative estimate of drug-likeness (QED) is 0.821. The van der Waals surface area contributed by atoms with E-state index in [1.54, 1.807) is 23.7 Å². The van der Waals surface area contributed by atoms with E-state index in [0.29, 0.717) is 17.0 Å². The Morgan fingerprint density at radius 2 is 1.64 bits per heavy atom. The number of carbonyl (C=O) groups excluding carboxylic acids is 1. The van der Waals surface area contributed by atoms with Crippen molar-refractivity contribution in [2.75, 3.05) is 0 Å². The predicted octanol–water partition coefficient (Wildman–Crippen LogP) is 0.796. The van der Waals surface area contributed by atoms with Crippen LogP contribution in [0.3, 0.4) is 0 Å². The molecule has 0 saturated heterocycles. The molecular weight excluding hydrogens is 286 g/mol. The van der Waals surface area contributed by atoms with Gasteiger partial charge in [0.15, 0.2) is 0 Å². The van der Waals surface area contributed by atoms with Crippen molar-refractivity contribution in [3.63, 3.8) is 0 Å². The Labute approximate surface area is 128 Å². The molecule has 0 atom stereocenters. The molecule has 2 rings (SSSR count). The second-order valence-electron chi connectivity index (χ2n) is 4.72. The molecule has 0 aliphatic carbocycles. The molecule has 0 unspecified atom stereocenters. The first-order chi connectivity index (χ1) is 9.52. The minimum Gasteiger partial charge on any atom is -0.481 e. The molecule has 1 heterocycles. The maximum atomic E-state index is 12.4. The third-order valence-corrected chi connectivity index (χ3v) is 3.42. The van der Waals surface area contributed by atoms with Crippen LogP contribution in [-0.2, 0) is 24.7 Å². The van der Waals surface area contributed by atoms with Gasteiger partial charge in [0, 0.05) is 18.3 Å². The van der Waals surface area contributed by atoms with Crippen LogP contribution in [0.15, 0.2) is 36.4 Å². The number of carboxylic acid groups (broad SMARTS) is 1. The van der Waals surface area contributed by atoms with Crippen LogP contribution in [0.2, 0.25) is 0 Å². The molecule has 22 heavy (non-hydrogen) atoms. The highest BCUT2D eigenvalue weighted by Gasteiger charge is 2.15. The lowest BCUT2D eigenvalue weighted by molar-refractivity contribution is -0.136. The van der Waals surface area contributed by atoms with Crippen molar-refractivity contribution >= 4 is 11.8 Å². The van der Waals surface area contributed by atoms with E-state index >= 15 is 0 Å². The van der Waals surface area contributed by atoms with Gasteiger partial charge >= 0.3 is 5.97 Å². The zero-order valence-electron chi connectivity index (χ0n) is 12.6. The Morgan fingerprint density at radius 3 is 2.14 bits per heavy atom. The zero-order chi connectivity index (χ0) is 14.7. The standard InChI is InChI=1S/C16H17NO3.2H2O/c1-3-11-4-6-12(7-5-11)16(20)14-9-8-13(17(14)2)10-15(18)19;;/h4-9H,3,10H2,1-2H3,(H,18,19);2*1H2. The number of carbonyl (C=O) groups is 2. The lowest BCUT2D eigenvalue weighted by Crippen LogP contribution is -2.11. The Hall–Kier alpha value is -2.44. The smallest absolute Gasteiger partial charge is 0.309 e. The van der Waals surface area contributed by atoms with Crippen LogP contribution in [0.1, 0.15) is 34.2 Å². The highest BCUT2D eigenvalue weighted by atomic mass is 16.4. The lowest BCUT2D eigenvalue weighted by Gasteiger charge is -2.06. The fourth-order valence-electron chi connectivity index (χ4n) is 2.15. The molecule has 0 aliphatic rings. The summed E-state index contributed by atoms with van der Waals surface area (Å²) in [5.74, 6) is -0.996. The van der Waals surface area contributed by atoms with Crippen LogP contribution in [0.4, 0.5) is 0 Å². The number of carboxylic acids is 1. The minimum absolute atomic E-state index is 0. The van der Waals surface area contributed by atoms with Crippen LogP contribution in [0, 0.1) is 0 Å². The second kappa shape index (κ2) is 8.11. The van der Waals surface area contributed by atoms with Gasteiger partial charge in [0.2, 0.25) is 5.78 Å². The number of aliphatic carboxylic acids is 1. The minimum atomic E-state index is -0.905. The molecule has 1 aromatic heterocycles. The monoisotopic (exact) mass is 307 g/mol. The first-order valence-electron chi connectivity index (χ1n) is 6.53. The molecule has 0 spiro atoms. The Bertz CT molecular complexity index is 643. The number of nitrogens with zero attached hydrogens (tertiary/aromatic N) is 1. The van der Waals surface area contributed by atoms with Crippen molar-refractivity contribution in [3.05, 3.63) is 58.9 Å². The summed E-state index contributed by atoms with van der Waals surface area (Å²) in [7, 11) is 1.71. The first-order valence-corrected chi connectivity index (χ1v) is 6.53. The number of aryl methyl sites for hydroxylation is 1. The van der Waals surface area contributed by atoms with E-state index in [-0.39, 0.29) is 23.2 Å². The fraction of sp³-hybridized carbons (Fsp3) is 0.250. The molecule has 120 valence electrons. The van der Waals surface area contributed by atoms with Gasteiger partial charge < -0.3 is 20.6 Å². The topological polar surface area (TPSA) is 122 Å². The fourth-order valence-corrected chi connectivity index (χ4v) is 2.15. The predicted molar refractivity (Wildman–Crippen MR) is 83.2 cm³/mol. The summed E-state index contributed by atoms with van der Waals surface area (Å²) in [5, 5.41) is 8.82. The molecule has 6 heteroatoms. The van der Waals surface area contributed by atoms with Gasteiger partial charge in [-0.05, 0) is 24.1 Å². The van der Waals surface area contributed by atoms with E-state index < -0.39 is 5.97 Å². The lowest BCUT2D eigenvalue weighted by atomic mass is 10.1. The first kappa shape index (κ1) is 19.6. The summed E-state index contributed by atoms with van der Waals surface area (Å²) in [6.07, 6.45) is 0.847. The zero-order valence-corrected chi connectivity index (χ0v) is 12.6. The Morgan fingerprint density at radius 1 is 1.05 bits per heavy atom. The van der Waals surface area contributed by atoms with Crippen LogP contribution in [-0.4, -0.2) is 32.4 Å². The molecule has 0 aliphatic heterocycles. The van der Waals surface area contributed by atoms with Gasteiger partial charge in [-0.3, -0.25) is 9.59 Å². The van der Waals surface area contributed by atoms with Gasteiger partial charge in [0.1, 0.15) is 0 Å². The van der Waals surface area contributed by atoms with E-state index in [1.165, 1.54) is 5.56 Å². The SMILES string of the molecule is CCc1ccc(C(=O)c2ccc(CC(=O)O)n2C)cc1.O.O. The van der Waals surface area contributed by atoms with E-state index in [9.17, 15) is 9.59 Å². The van der Waals surface area contributed by atoms with Crippen molar-refractivity contribution in [1.82, 2.24) is 4.57 Å². The summed E-state index contributed by atoms with van der Waals surface area (Å²) in [6, 6.07) is 10.9. The van der Waals surface area contributed by atoms with Crippen molar-refractivity contribution in [2.24, 2.45) is 7.05 Å². The molecule has 1 aromatic carbocycles. The van der Waals surface area contributed by atoms with Crippen molar-refractivity contribution in [2.45, 2.75) is 19.8 Å². The average molecular weight is 307 g/mol. The largest absolute Gasteiger partial charge is 0.481 e. The summed E-state index contributed by atoms with van der Waals surface area (Å²) >= 11 is 0. The number of benzene rings is 1. The molecule has 0 radical (unpaired) electrons. The molecule has 6 nitrogen and oxygen atoms in total. The van der Waals surface area contributed by atoms with Gasteiger partial charge in [-0.15, -0.1) is 0 Å². The third-order valence-electron chi connectivity index (χ3n) is 3.42. The number of ketones is 1. The molecular formula is C16H21NO5. The summed E-state index contributed by atoms with van der Waals surface area (Å²) in [4.78, 5) is 23.1. The molecule has 0 saturated carbocycles. The summed E-state index contributed by atoms with van der Waals surface area (Å²) in [6.45, 7) is 2.06. The number of hydrogen-bond donors (Lipinski definition) is 1. The molecule has 2 aromatic rings. The molecule has 0 fully saturated rings. The summed E-state index contributed by atoms with van der Waals surface area (Å²) < 4.78 is 1.64. The van der Waals surface area contributed by atoms with Crippen LogP contribution in [0.5, 0.6) is 0 Å². The maximum absolute atomic E-state index is 12.4. The number of rotatable bonds is 5. The van der Waals surface area contributed by atoms with E-state index in [1.807, 2.05) is 24.3 Å². The van der Waals surface area contributed by atoms with E-state index in [0.717, 1.165) is 6.42 Å². The third kappa shape index (κ3) is 4.03. The number of aromatic nitrogens is 1. The van der Waals surface area contributed by atoms with Crippen LogP contribution >= 0.6 is 0 Å². The van der Waals surface area contributed by atoms with Gasteiger partial charge in [-0.1, -0.05) is 31.2 Å². The van der Waals surface area contributed by atoms with Gasteiger partial charge in [-0.2, -0.15) is 0 Å². The van der Waals surface area contributed by atoms with Crippen LogP contribution in [0.25, 0.3) is 0 Å². The van der Waals surface area contributed by atoms with Crippen molar-refractivity contribution < 1.29 is 25.6 Å². The van der Waals surface area contributed by atoms with Crippen molar-refractivity contribution in [1.29, 1.82) is 0 Å². The summed E-state index contributed by atoms with van der Waals surface area (Å²) in [5.41, 5.74) is 2.92. The molecule has 0 bridgehead atoms. The van der Waals surface area contributed by atoms with Crippen molar-refractivity contribution in [3.8, 4) is 0 Å². The maximum Gasteiger partial charge on any atom is 0.309 e. The molecule has 5 N–H and O–H groups in total. The number of hydrogen-bond acceptors (Lipinski definition) is 2. The Balaban J connectivity index is 0.00000220. The molecule has 0 amide bonds.